The lowest BCUT2D eigenvalue weighted by atomic mass is 9.90. The van der Waals surface area contributed by atoms with Crippen LogP contribution in [0, 0.1) is 5.92 Å². The summed E-state index contributed by atoms with van der Waals surface area (Å²) in [6.45, 7) is 3.84. The molecule has 102 valence electrons. The van der Waals surface area contributed by atoms with Crippen LogP contribution in [0.4, 0.5) is 0 Å². The lowest BCUT2D eigenvalue weighted by molar-refractivity contribution is 0.0688. The number of hydrogen-bond acceptors (Lipinski definition) is 4. The molecule has 4 nitrogen and oxygen atoms in total. The van der Waals surface area contributed by atoms with Crippen LogP contribution in [0.5, 0.6) is 11.5 Å². The lowest BCUT2D eigenvalue weighted by Crippen LogP contribution is -2.24. The second-order valence-electron chi connectivity index (χ2n) is 4.94. The van der Waals surface area contributed by atoms with Crippen LogP contribution in [-0.2, 0) is 4.74 Å². The van der Waals surface area contributed by atoms with E-state index in [0.717, 1.165) is 18.6 Å². The fraction of sp³-hybridized carbons (Fsp3) is 0.533. The number of ether oxygens (including phenoxy) is 3. The van der Waals surface area contributed by atoms with Gasteiger partial charge in [-0.25, -0.2) is 0 Å². The first kappa shape index (κ1) is 12.5. The number of Topliss-reactive ketones (excluding diaryl/α,β-unsaturated/α-hetero) is 1. The van der Waals surface area contributed by atoms with Crippen LogP contribution < -0.4 is 9.47 Å². The van der Waals surface area contributed by atoms with Crippen LogP contribution >= 0.6 is 0 Å². The predicted octanol–water partition coefficient (Wildman–Crippen LogP) is 2.46. The first-order valence-corrected chi connectivity index (χ1v) is 6.85. The summed E-state index contributed by atoms with van der Waals surface area (Å²) in [6.07, 6.45) is 1.74. The number of benzene rings is 1. The van der Waals surface area contributed by atoms with Crippen molar-refractivity contribution in [3.8, 4) is 11.5 Å². The van der Waals surface area contributed by atoms with Gasteiger partial charge in [-0.3, -0.25) is 4.79 Å². The third-order valence-electron chi connectivity index (χ3n) is 3.78. The molecule has 0 spiro atoms. The van der Waals surface area contributed by atoms with Crippen LogP contribution in [0.25, 0.3) is 0 Å². The van der Waals surface area contributed by atoms with Gasteiger partial charge in [-0.1, -0.05) is 6.92 Å². The largest absolute Gasteiger partial charge is 0.486 e. The summed E-state index contributed by atoms with van der Waals surface area (Å²) in [7, 11) is 0. The van der Waals surface area contributed by atoms with Crippen molar-refractivity contribution in [3.63, 3.8) is 0 Å². The molecule has 19 heavy (non-hydrogen) atoms. The highest BCUT2D eigenvalue weighted by molar-refractivity contribution is 5.99. The molecule has 0 radical (unpaired) electrons. The molecule has 3 rings (SSSR count). The monoisotopic (exact) mass is 262 g/mol. The zero-order valence-electron chi connectivity index (χ0n) is 11.1. The molecule has 0 N–H and O–H groups in total. The van der Waals surface area contributed by atoms with Gasteiger partial charge < -0.3 is 14.2 Å². The van der Waals surface area contributed by atoms with Crippen molar-refractivity contribution in [1.29, 1.82) is 0 Å². The van der Waals surface area contributed by atoms with E-state index in [1.54, 1.807) is 6.07 Å². The minimum absolute atomic E-state index is 0.0208. The zero-order chi connectivity index (χ0) is 13.2. The van der Waals surface area contributed by atoms with Gasteiger partial charge in [0.1, 0.15) is 13.2 Å². The Balaban J connectivity index is 1.83. The second-order valence-corrected chi connectivity index (χ2v) is 4.94. The van der Waals surface area contributed by atoms with Gasteiger partial charge in [-0.15, -0.1) is 0 Å². The van der Waals surface area contributed by atoms with E-state index >= 15 is 0 Å². The van der Waals surface area contributed by atoms with E-state index in [1.807, 2.05) is 12.1 Å². The van der Waals surface area contributed by atoms with E-state index in [2.05, 4.69) is 6.92 Å². The van der Waals surface area contributed by atoms with E-state index in [1.165, 1.54) is 0 Å². The normalized spacial score (nSPS) is 25.3. The molecular weight excluding hydrogens is 244 g/mol. The van der Waals surface area contributed by atoms with Gasteiger partial charge in [0, 0.05) is 12.2 Å². The van der Waals surface area contributed by atoms with Crippen LogP contribution in [0.2, 0.25) is 0 Å². The van der Waals surface area contributed by atoms with Gasteiger partial charge in [-0.2, -0.15) is 0 Å². The highest BCUT2D eigenvalue weighted by Gasteiger charge is 2.33. The lowest BCUT2D eigenvalue weighted by Gasteiger charge is -2.20. The van der Waals surface area contributed by atoms with E-state index in [9.17, 15) is 4.79 Å². The first-order chi connectivity index (χ1) is 9.29. The molecule has 0 amide bonds. The van der Waals surface area contributed by atoms with E-state index < -0.39 is 0 Å². The number of hydrogen-bond donors (Lipinski definition) is 0. The SMILES string of the molecule is CCC1OCCC1C(=O)c1ccc2c(c1)OCCO2. The van der Waals surface area contributed by atoms with Crippen molar-refractivity contribution in [2.24, 2.45) is 5.92 Å². The van der Waals surface area contributed by atoms with Crippen LogP contribution in [0.15, 0.2) is 18.2 Å². The summed E-state index contributed by atoms with van der Waals surface area (Å²) in [5.74, 6) is 1.52. The maximum absolute atomic E-state index is 12.5. The van der Waals surface area contributed by atoms with Crippen molar-refractivity contribution in [3.05, 3.63) is 23.8 Å². The Morgan fingerprint density at radius 2 is 2.00 bits per heavy atom. The molecule has 2 atom stereocenters. The number of carbonyl (C=O) groups is 1. The van der Waals surface area contributed by atoms with Gasteiger partial charge in [0.25, 0.3) is 0 Å². The molecule has 2 unspecified atom stereocenters. The van der Waals surface area contributed by atoms with Gasteiger partial charge in [0.2, 0.25) is 0 Å². The third-order valence-corrected chi connectivity index (χ3v) is 3.78. The maximum Gasteiger partial charge on any atom is 0.168 e. The van der Waals surface area contributed by atoms with Crippen LogP contribution in [0.3, 0.4) is 0 Å². The van der Waals surface area contributed by atoms with Crippen molar-refractivity contribution < 1.29 is 19.0 Å². The van der Waals surface area contributed by atoms with Crippen molar-refractivity contribution in [2.75, 3.05) is 19.8 Å². The second kappa shape index (κ2) is 5.21. The summed E-state index contributed by atoms with van der Waals surface area (Å²) < 4.78 is 16.6. The Bertz CT molecular complexity index is 483. The Hall–Kier alpha value is -1.55. The molecular formula is C15H18O4. The minimum Gasteiger partial charge on any atom is -0.486 e. The topological polar surface area (TPSA) is 44.8 Å². The van der Waals surface area contributed by atoms with Gasteiger partial charge in [0.05, 0.1) is 12.0 Å². The van der Waals surface area contributed by atoms with E-state index in [4.69, 9.17) is 14.2 Å². The first-order valence-electron chi connectivity index (χ1n) is 6.85. The fourth-order valence-electron chi connectivity index (χ4n) is 2.76. The summed E-state index contributed by atoms with van der Waals surface area (Å²) in [6, 6.07) is 5.43. The average Bonchev–Trinajstić information content (AvgIpc) is 2.94. The number of carbonyl (C=O) groups excluding carboxylic acids is 1. The minimum atomic E-state index is -0.0208. The van der Waals surface area contributed by atoms with Crippen molar-refractivity contribution in [1.82, 2.24) is 0 Å². The fourth-order valence-corrected chi connectivity index (χ4v) is 2.76. The molecule has 1 fully saturated rings. The smallest absolute Gasteiger partial charge is 0.168 e. The molecule has 0 aromatic heterocycles. The van der Waals surface area contributed by atoms with Crippen LogP contribution in [0.1, 0.15) is 30.1 Å². The Morgan fingerprint density at radius 1 is 1.21 bits per heavy atom. The Morgan fingerprint density at radius 3 is 2.79 bits per heavy atom. The van der Waals surface area contributed by atoms with Crippen molar-refractivity contribution >= 4 is 5.78 Å². The number of ketones is 1. The predicted molar refractivity (Wildman–Crippen MR) is 69.9 cm³/mol. The molecule has 1 saturated heterocycles. The highest BCUT2D eigenvalue weighted by atomic mass is 16.6. The van der Waals surface area contributed by atoms with E-state index in [-0.39, 0.29) is 17.8 Å². The highest BCUT2D eigenvalue weighted by Crippen LogP contribution is 2.33. The molecule has 2 aliphatic heterocycles. The number of fused-ring (bicyclic) bond motifs is 1. The summed E-state index contributed by atoms with van der Waals surface area (Å²) in [5.41, 5.74) is 0.693. The molecule has 2 aliphatic rings. The maximum atomic E-state index is 12.5. The molecule has 1 aromatic rings. The molecule has 0 saturated carbocycles. The Kier molecular flexibility index (Phi) is 3.42. The summed E-state index contributed by atoms with van der Waals surface area (Å²) in [4.78, 5) is 12.5. The molecule has 0 bridgehead atoms. The van der Waals surface area contributed by atoms with Crippen LogP contribution in [-0.4, -0.2) is 31.7 Å². The average molecular weight is 262 g/mol. The van der Waals surface area contributed by atoms with Gasteiger partial charge in [-0.05, 0) is 31.0 Å². The number of rotatable bonds is 3. The van der Waals surface area contributed by atoms with Crippen molar-refractivity contribution in [2.45, 2.75) is 25.9 Å². The summed E-state index contributed by atoms with van der Waals surface area (Å²) >= 11 is 0. The quantitative estimate of drug-likeness (QED) is 0.785. The standard InChI is InChI=1S/C15H18O4/c1-2-12-11(5-6-17-12)15(16)10-3-4-13-14(9-10)19-8-7-18-13/h3-4,9,11-12H,2,5-8H2,1H3. The van der Waals surface area contributed by atoms with Gasteiger partial charge in [0.15, 0.2) is 17.3 Å². The summed E-state index contributed by atoms with van der Waals surface area (Å²) in [5, 5.41) is 0. The molecule has 0 aliphatic carbocycles. The molecule has 2 heterocycles. The van der Waals surface area contributed by atoms with Gasteiger partial charge >= 0.3 is 0 Å². The zero-order valence-corrected chi connectivity index (χ0v) is 11.1. The Labute approximate surface area is 112 Å². The molecule has 1 aromatic carbocycles. The molecule has 4 heteroatoms. The van der Waals surface area contributed by atoms with E-state index in [0.29, 0.717) is 31.1 Å². The third kappa shape index (κ3) is 2.32.